The molecular formula is C18H17ClN2O3S. The van der Waals surface area contributed by atoms with Gasteiger partial charge in [0, 0.05) is 11.4 Å². The Balaban J connectivity index is 1.82. The smallest absolute Gasteiger partial charge is 0.239 e. The fourth-order valence-corrected chi connectivity index (χ4v) is 3.86. The topological polar surface area (TPSA) is 58.6 Å². The van der Waals surface area contributed by atoms with Gasteiger partial charge in [0.25, 0.3) is 0 Å². The van der Waals surface area contributed by atoms with Crippen molar-refractivity contribution in [2.75, 3.05) is 29.0 Å². The zero-order valence-electron chi connectivity index (χ0n) is 13.6. The van der Waals surface area contributed by atoms with Crippen molar-refractivity contribution < 1.29 is 14.3 Å². The predicted octanol–water partition coefficient (Wildman–Crippen LogP) is 3.65. The van der Waals surface area contributed by atoms with Gasteiger partial charge in [0.2, 0.25) is 11.8 Å². The summed E-state index contributed by atoms with van der Waals surface area (Å²) < 4.78 is 5.17. The van der Waals surface area contributed by atoms with E-state index in [0.29, 0.717) is 11.4 Å². The monoisotopic (exact) mass is 376 g/mol. The number of alkyl halides is 1. The number of anilines is 2. The van der Waals surface area contributed by atoms with Gasteiger partial charge in [-0.1, -0.05) is 12.1 Å². The Bertz CT molecular complexity index is 765. The molecule has 25 heavy (non-hydrogen) atoms. The molecule has 1 aliphatic rings. The van der Waals surface area contributed by atoms with Crippen molar-refractivity contribution >= 4 is 46.6 Å². The fraction of sp³-hybridized carbons (Fsp3) is 0.222. The number of hydrogen-bond donors (Lipinski definition) is 1. The van der Waals surface area contributed by atoms with Crippen molar-refractivity contribution in [3.63, 3.8) is 0 Å². The van der Waals surface area contributed by atoms with Gasteiger partial charge in [-0.3, -0.25) is 14.5 Å². The number of carbonyl (C=O) groups is 2. The fourth-order valence-electron chi connectivity index (χ4n) is 2.62. The Hall–Kier alpha value is -2.18. The van der Waals surface area contributed by atoms with Crippen LogP contribution in [0.25, 0.3) is 0 Å². The van der Waals surface area contributed by atoms with Crippen LogP contribution in [0.4, 0.5) is 11.4 Å². The summed E-state index contributed by atoms with van der Waals surface area (Å²) in [6.07, 6.45) is 0. The average molecular weight is 377 g/mol. The predicted molar refractivity (Wildman–Crippen MR) is 101 cm³/mol. The van der Waals surface area contributed by atoms with Gasteiger partial charge in [-0.2, -0.15) is 0 Å². The first-order valence-electron chi connectivity index (χ1n) is 7.66. The molecule has 1 N–H and O–H groups in total. The Labute approximate surface area is 155 Å². The molecule has 0 radical (unpaired) electrons. The number of methoxy groups -OCH3 is 1. The number of rotatable bonds is 5. The number of amides is 2. The molecule has 3 rings (SSSR count). The maximum absolute atomic E-state index is 12.4. The van der Waals surface area contributed by atoms with Gasteiger partial charge in [0.1, 0.15) is 17.0 Å². The molecule has 7 heteroatoms. The molecule has 0 aromatic heterocycles. The Morgan fingerprint density at radius 2 is 1.92 bits per heavy atom. The number of halogens is 1. The average Bonchev–Trinajstić information content (AvgIpc) is 3.04. The van der Waals surface area contributed by atoms with Crippen LogP contribution < -0.4 is 15.0 Å². The quantitative estimate of drug-likeness (QED) is 0.809. The number of nitrogens with one attached hydrogen (secondary N) is 1. The van der Waals surface area contributed by atoms with Crippen molar-refractivity contribution in [2.45, 2.75) is 5.37 Å². The zero-order valence-corrected chi connectivity index (χ0v) is 15.1. The summed E-state index contributed by atoms with van der Waals surface area (Å²) in [5.41, 5.74) is 2.51. The van der Waals surface area contributed by atoms with E-state index in [1.165, 1.54) is 0 Å². The van der Waals surface area contributed by atoms with Crippen molar-refractivity contribution in [1.29, 1.82) is 0 Å². The first kappa shape index (κ1) is 17.6. The lowest BCUT2D eigenvalue weighted by Gasteiger charge is -2.24. The molecule has 0 bridgehead atoms. The highest BCUT2D eigenvalue weighted by molar-refractivity contribution is 8.00. The van der Waals surface area contributed by atoms with Crippen LogP contribution in [0.3, 0.4) is 0 Å². The Kier molecular flexibility index (Phi) is 5.50. The van der Waals surface area contributed by atoms with Crippen LogP contribution in [0, 0.1) is 0 Å². The maximum Gasteiger partial charge on any atom is 0.239 e. The van der Waals surface area contributed by atoms with E-state index in [1.54, 1.807) is 23.8 Å². The molecule has 1 atom stereocenters. The molecule has 0 aliphatic carbocycles. The number of benzene rings is 2. The summed E-state index contributed by atoms with van der Waals surface area (Å²) in [5, 5.41) is 2.60. The molecule has 2 aromatic rings. The third-order valence-corrected chi connectivity index (χ3v) is 5.27. The van der Waals surface area contributed by atoms with E-state index in [2.05, 4.69) is 5.32 Å². The van der Waals surface area contributed by atoms with Gasteiger partial charge in [-0.05, 0) is 42.0 Å². The molecule has 130 valence electrons. The number of carbonyl (C=O) groups excluding carboxylic acids is 2. The number of hydrogen-bond acceptors (Lipinski definition) is 4. The third kappa shape index (κ3) is 3.91. The van der Waals surface area contributed by atoms with E-state index in [-0.39, 0.29) is 23.1 Å². The highest BCUT2D eigenvalue weighted by atomic mass is 35.5. The van der Waals surface area contributed by atoms with Gasteiger partial charge in [-0.25, -0.2) is 0 Å². The molecular weight excluding hydrogens is 360 g/mol. The van der Waals surface area contributed by atoms with Crippen LogP contribution >= 0.6 is 23.4 Å². The molecule has 5 nitrogen and oxygen atoms in total. The molecule has 1 saturated heterocycles. The maximum atomic E-state index is 12.4. The van der Waals surface area contributed by atoms with Gasteiger partial charge >= 0.3 is 0 Å². The van der Waals surface area contributed by atoms with Crippen molar-refractivity contribution in [3.8, 4) is 5.75 Å². The molecule has 1 heterocycles. The number of nitrogens with zero attached hydrogens (tertiary/aromatic N) is 1. The minimum Gasteiger partial charge on any atom is -0.497 e. The van der Waals surface area contributed by atoms with Crippen LogP contribution in [0.2, 0.25) is 0 Å². The van der Waals surface area contributed by atoms with Crippen LogP contribution in [-0.2, 0) is 9.59 Å². The van der Waals surface area contributed by atoms with Crippen LogP contribution in [0.5, 0.6) is 5.75 Å². The minimum atomic E-state index is -0.250. The SMILES string of the molecule is COc1ccc(N2C(=O)CS[C@@H]2c2ccc(NC(=O)CCl)cc2)cc1. The molecule has 1 fully saturated rings. The second-order valence-electron chi connectivity index (χ2n) is 5.43. The van der Waals surface area contributed by atoms with E-state index in [1.807, 2.05) is 48.5 Å². The molecule has 0 unspecified atom stereocenters. The first-order chi connectivity index (χ1) is 12.1. The summed E-state index contributed by atoms with van der Waals surface area (Å²) in [7, 11) is 1.61. The molecule has 2 amide bonds. The van der Waals surface area contributed by atoms with Crippen molar-refractivity contribution in [2.24, 2.45) is 0 Å². The van der Waals surface area contributed by atoms with Crippen LogP contribution in [0.15, 0.2) is 48.5 Å². The molecule has 0 spiro atoms. The van der Waals surface area contributed by atoms with E-state index >= 15 is 0 Å². The summed E-state index contributed by atoms with van der Waals surface area (Å²) in [5.74, 6) is 0.917. The molecule has 2 aromatic carbocycles. The van der Waals surface area contributed by atoms with E-state index < -0.39 is 0 Å². The standard InChI is InChI=1S/C18H17ClN2O3S/c1-24-15-8-6-14(7-9-15)21-17(23)11-25-18(21)12-2-4-13(5-3-12)20-16(22)10-19/h2-9,18H,10-11H2,1H3,(H,20,22)/t18-/m1/s1. The normalized spacial score (nSPS) is 16.8. The van der Waals surface area contributed by atoms with Crippen LogP contribution in [0.1, 0.15) is 10.9 Å². The minimum absolute atomic E-state index is 0.0692. The summed E-state index contributed by atoms with van der Waals surface area (Å²) in [6.45, 7) is 0. The number of ether oxygens (including phenoxy) is 1. The van der Waals surface area contributed by atoms with Crippen molar-refractivity contribution in [3.05, 3.63) is 54.1 Å². The van der Waals surface area contributed by atoms with E-state index in [0.717, 1.165) is 17.0 Å². The van der Waals surface area contributed by atoms with Gasteiger partial charge in [-0.15, -0.1) is 23.4 Å². The second-order valence-corrected chi connectivity index (χ2v) is 6.76. The largest absolute Gasteiger partial charge is 0.497 e. The third-order valence-electron chi connectivity index (χ3n) is 3.82. The summed E-state index contributed by atoms with van der Waals surface area (Å²) >= 11 is 7.07. The molecule has 1 aliphatic heterocycles. The zero-order chi connectivity index (χ0) is 17.8. The van der Waals surface area contributed by atoms with E-state index in [9.17, 15) is 9.59 Å². The summed E-state index contributed by atoms with van der Waals surface area (Å²) in [6, 6.07) is 14.9. The molecule has 0 saturated carbocycles. The van der Waals surface area contributed by atoms with Crippen LogP contribution in [-0.4, -0.2) is 30.6 Å². The second kappa shape index (κ2) is 7.80. The lowest BCUT2D eigenvalue weighted by molar-refractivity contribution is -0.116. The lowest BCUT2D eigenvalue weighted by Crippen LogP contribution is -2.27. The van der Waals surface area contributed by atoms with E-state index in [4.69, 9.17) is 16.3 Å². The Morgan fingerprint density at radius 3 is 2.52 bits per heavy atom. The Morgan fingerprint density at radius 1 is 1.24 bits per heavy atom. The highest BCUT2D eigenvalue weighted by Gasteiger charge is 2.33. The van der Waals surface area contributed by atoms with Crippen molar-refractivity contribution in [1.82, 2.24) is 0 Å². The lowest BCUT2D eigenvalue weighted by atomic mass is 10.1. The van der Waals surface area contributed by atoms with Gasteiger partial charge in [0.15, 0.2) is 0 Å². The highest BCUT2D eigenvalue weighted by Crippen LogP contribution is 2.42. The van der Waals surface area contributed by atoms with Gasteiger partial charge < -0.3 is 10.1 Å². The number of thioether (sulfide) groups is 1. The summed E-state index contributed by atoms with van der Waals surface area (Å²) in [4.78, 5) is 25.5. The van der Waals surface area contributed by atoms with Gasteiger partial charge in [0.05, 0.1) is 12.9 Å². The first-order valence-corrected chi connectivity index (χ1v) is 9.24.